The molecule has 2 N–H and O–H groups in total. The number of amides is 2. The lowest BCUT2D eigenvalue weighted by molar-refractivity contribution is 0.234. The van der Waals surface area contributed by atoms with Gasteiger partial charge in [-0.1, -0.05) is 0 Å². The number of carbonyl (C=O) groups is 1. The number of nitrogens with one attached hydrogen (secondary N) is 2. The molecule has 0 aromatic heterocycles. The van der Waals surface area contributed by atoms with Gasteiger partial charge in [-0.2, -0.15) is 11.8 Å². The van der Waals surface area contributed by atoms with Gasteiger partial charge in [0.25, 0.3) is 0 Å². The van der Waals surface area contributed by atoms with E-state index < -0.39 is 0 Å². The van der Waals surface area contributed by atoms with Gasteiger partial charge in [0.15, 0.2) is 0 Å². The fourth-order valence-electron chi connectivity index (χ4n) is 1.56. The first-order chi connectivity index (χ1) is 9.28. The zero-order valence-electron chi connectivity index (χ0n) is 10.8. The molecular formula is C13H18N2O3S. The summed E-state index contributed by atoms with van der Waals surface area (Å²) in [5, 5.41) is 5.65. The Kier molecular flexibility index (Phi) is 5.20. The van der Waals surface area contributed by atoms with Crippen LogP contribution in [0.1, 0.15) is 0 Å². The molecule has 0 bridgehead atoms. The minimum Gasteiger partial charge on any atom is -0.497 e. The van der Waals surface area contributed by atoms with Gasteiger partial charge < -0.3 is 20.1 Å². The van der Waals surface area contributed by atoms with E-state index in [9.17, 15) is 4.79 Å². The topological polar surface area (TPSA) is 59.6 Å². The highest BCUT2D eigenvalue weighted by molar-refractivity contribution is 8.00. The molecule has 0 spiro atoms. The quantitative estimate of drug-likeness (QED) is 0.776. The molecule has 1 saturated heterocycles. The van der Waals surface area contributed by atoms with Crippen LogP contribution in [0.3, 0.4) is 0 Å². The summed E-state index contributed by atoms with van der Waals surface area (Å²) in [5.74, 6) is 3.58. The van der Waals surface area contributed by atoms with E-state index >= 15 is 0 Å². The molecule has 1 aromatic carbocycles. The van der Waals surface area contributed by atoms with E-state index in [0.29, 0.717) is 19.2 Å². The van der Waals surface area contributed by atoms with Crippen LogP contribution in [0, 0.1) is 0 Å². The van der Waals surface area contributed by atoms with Crippen molar-refractivity contribution in [1.82, 2.24) is 10.6 Å². The molecule has 0 saturated carbocycles. The van der Waals surface area contributed by atoms with Gasteiger partial charge in [-0.05, 0) is 24.3 Å². The SMILES string of the molecule is COc1ccc(OCCNC(=O)NC2CSC2)cc1. The maximum atomic E-state index is 11.4. The Hall–Kier alpha value is -1.56. The maximum Gasteiger partial charge on any atom is 0.315 e. The van der Waals surface area contributed by atoms with Crippen LogP contribution in [0.4, 0.5) is 4.79 Å². The molecule has 5 nitrogen and oxygen atoms in total. The highest BCUT2D eigenvalue weighted by Crippen LogP contribution is 2.17. The first-order valence-corrected chi connectivity index (χ1v) is 7.32. The van der Waals surface area contributed by atoms with Gasteiger partial charge in [0.05, 0.1) is 13.7 Å². The molecule has 2 rings (SSSR count). The van der Waals surface area contributed by atoms with Crippen molar-refractivity contribution in [3.05, 3.63) is 24.3 Å². The fourth-order valence-corrected chi connectivity index (χ4v) is 2.20. The molecule has 1 aromatic rings. The highest BCUT2D eigenvalue weighted by Gasteiger charge is 2.19. The molecule has 6 heteroatoms. The molecule has 2 amide bonds. The number of urea groups is 1. The van der Waals surface area contributed by atoms with E-state index in [1.807, 2.05) is 36.0 Å². The van der Waals surface area contributed by atoms with Crippen molar-refractivity contribution < 1.29 is 14.3 Å². The third kappa shape index (κ3) is 4.55. The van der Waals surface area contributed by atoms with E-state index in [2.05, 4.69) is 10.6 Å². The zero-order valence-corrected chi connectivity index (χ0v) is 11.7. The number of hydrogen-bond donors (Lipinski definition) is 2. The van der Waals surface area contributed by atoms with Crippen molar-refractivity contribution >= 4 is 17.8 Å². The predicted molar refractivity (Wildman–Crippen MR) is 76.1 cm³/mol. The number of carbonyl (C=O) groups excluding carboxylic acids is 1. The summed E-state index contributed by atoms with van der Waals surface area (Å²) in [6, 6.07) is 7.55. The molecule has 1 heterocycles. The molecule has 1 aliphatic rings. The van der Waals surface area contributed by atoms with Crippen LogP contribution >= 0.6 is 11.8 Å². The van der Waals surface area contributed by atoms with Crippen LogP contribution in [0.5, 0.6) is 11.5 Å². The number of ether oxygens (including phenoxy) is 2. The number of rotatable bonds is 6. The van der Waals surface area contributed by atoms with Crippen LogP contribution < -0.4 is 20.1 Å². The van der Waals surface area contributed by atoms with Crippen LogP contribution in [0.15, 0.2) is 24.3 Å². The smallest absolute Gasteiger partial charge is 0.315 e. The van der Waals surface area contributed by atoms with Gasteiger partial charge in [-0.3, -0.25) is 0 Å². The summed E-state index contributed by atoms with van der Waals surface area (Å²) in [6.45, 7) is 0.927. The molecule has 1 fully saturated rings. The summed E-state index contributed by atoms with van der Waals surface area (Å²) in [4.78, 5) is 11.4. The van der Waals surface area contributed by atoms with Crippen molar-refractivity contribution in [3.63, 3.8) is 0 Å². The van der Waals surface area contributed by atoms with Crippen molar-refractivity contribution in [2.24, 2.45) is 0 Å². The van der Waals surface area contributed by atoms with Crippen LogP contribution in [-0.4, -0.2) is 43.8 Å². The van der Waals surface area contributed by atoms with Crippen LogP contribution in [0.2, 0.25) is 0 Å². The van der Waals surface area contributed by atoms with Gasteiger partial charge in [0.1, 0.15) is 18.1 Å². The molecule has 104 valence electrons. The fraction of sp³-hybridized carbons (Fsp3) is 0.462. The Morgan fingerprint density at radius 1 is 1.32 bits per heavy atom. The van der Waals surface area contributed by atoms with E-state index in [4.69, 9.17) is 9.47 Å². The summed E-state index contributed by atoms with van der Waals surface area (Å²) < 4.78 is 10.6. The molecule has 0 atom stereocenters. The van der Waals surface area contributed by atoms with E-state index in [0.717, 1.165) is 23.0 Å². The van der Waals surface area contributed by atoms with Crippen molar-refractivity contribution in [3.8, 4) is 11.5 Å². The Balaban J connectivity index is 1.58. The molecule has 0 aliphatic carbocycles. The third-order valence-corrected chi connectivity index (χ3v) is 3.97. The van der Waals surface area contributed by atoms with Crippen LogP contribution in [0.25, 0.3) is 0 Å². The Bertz CT molecular complexity index is 407. The van der Waals surface area contributed by atoms with Gasteiger partial charge in [-0.15, -0.1) is 0 Å². The lowest BCUT2D eigenvalue weighted by Crippen LogP contribution is -2.48. The van der Waals surface area contributed by atoms with Gasteiger partial charge in [0.2, 0.25) is 0 Å². The summed E-state index contributed by atoms with van der Waals surface area (Å²) in [6.07, 6.45) is 0. The maximum absolute atomic E-state index is 11.4. The number of benzene rings is 1. The first-order valence-electron chi connectivity index (χ1n) is 6.17. The lowest BCUT2D eigenvalue weighted by Gasteiger charge is -2.25. The van der Waals surface area contributed by atoms with E-state index in [1.54, 1.807) is 7.11 Å². The second-order valence-electron chi connectivity index (χ2n) is 4.16. The van der Waals surface area contributed by atoms with E-state index in [1.165, 1.54) is 0 Å². The van der Waals surface area contributed by atoms with Crippen molar-refractivity contribution in [2.75, 3.05) is 31.8 Å². The first kappa shape index (κ1) is 13.9. The summed E-state index contributed by atoms with van der Waals surface area (Å²) in [5.41, 5.74) is 0. The van der Waals surface area contributed by atoms with Crippen molar-refractivity contribution in [1.29, 1.82) is 0 Å². The Labute approximate surface area is 117 Å². The van der Waals surface area contributed by atoms with Gasteiger partial charge in [0, 0.05) is 17.5 Å². The average molecular weight is 282 g/mol. The number of methoxy groups -OCH3 is 1. The molecule has 1 aliphatic heterocycles. The van der Waals surface area contributed by atoms with Crippen molar-refractivity contribution in [2.45, 2.75) is 6.04 Å². The standard InChI is InChI=1S/C13H18N2O3S/c1-17-11-2-4-12(5-3-11)18-7-6-14-13(16)15-10-8-19-9-10/h2-5,10H,6-9H2,1H3,(H2,14,15,16). The third-order valence-electron chi connectivity index (χ3n) is 2.69. The average Bonchev–Trinajstić information content (AvgIpc) is 2.40. The Morgan fingerprint density at radius 3 is 2.58 bits per heavy atom. The monoisotopic (exact) mass is 282 g/mol. The zero-order chi connectivity index (χ0) is 13.5. The van der Waals surface area contributed by atoms with Crippen LogP contribution in [-0.2, 0) is 0 Å². The van der Waals surface area contributed by atoms with Gasteiger partial charge in [-0.25, -0.2) is 4.79 Å². The molecule has 0 unspecified atom stereocenters. The summed E-state index contributed by atoms with van der Waals surface area (Å²) >= 11 is 1.84. The largest absolute Gasteiger partial charge is 0.497 e. The van der Waals surface area contributed by atoms with E-state index in [-0.39, 0.29) is 6.03 Å². The molecule has 0 radical (unpaired) electrons. The predicted octanol–water partition coefficient (Wildman–Crippen LogP) is 1.49. The number of hydrogen-bond acceptors (Lipinski definition) is 4. The highest BCUT2D eigenvalue weighted by atomic mass is 32.2. The molecular weight excluding hydrogens is 264 g/mol. The second kappa shape index (κ2) is 7.13. The number of thioether (sulfide) groups is 1. The minimum absolute atomic E-state index is 0.122. The lowest BCUT2D eigenvalue weighted by atomic mass is 10.3. The second-order valence-corrected chi connectivity index (χ2v) is 5.23. The molecule has 19 heavy (non-hydrogen) atoms. The Morgan fingerprint density at radius 2 is 2.00 bits per heavy atom. The minimum atomic E-state index is -0.122. The summed E-state index contributed by atoms with van der Waals surface area (Å²) in [7, 11) is 1.62. The normalized spacial score (nSPS) is 14.4. The van der Waals surface area contributed by atoms with Gasteiger partial charge >= 0.3 is 6.03 Å².